The van der Waals surface area contributed by atoms with E-state index in [-0.39, 0.29) is 0 Å². The van der Waals surface area contributed by atoms with E-state index in [0.717, 1.165) is 19.5 Å². The van der Waals surface area contributed by atoms with Crippen molar-refractivity contribution in [2.75, 3.05) is 20.1 Å². The van der Waals surface area contributed by atoms with E-state index in [2.05, 4.69) is 4.90 Å². The lowest BCUT2D eigenvalue weighted by molar-refractivity contribution is 0.293. The van der Waals surface area contributed by atoms with Gasteiger partial charge in [0.2, 0.25) is 0 Å². The molecule has 0 saturated heterocycles. The zero-order valence-electron chi connectivity index (χ0n) is 5.09. The number of likely N-dealkylation sites (N-methyl/N-ethyl adjacent to an activating group) is 1. The quantitative estimate of drug-likeness (QED) is 0.501. The molecular formula is C6H11NO. The van der Waals surface area contributed by atoms with E-state index >= 15 is 0 Å². The Kier molecular flexibility index (Phi) is 1.53. The molecule has 0 saturated carbocycles. The van der Waals surface area contributed by atoms with Gasteiger partial charge in [0.05, 0.1) is 5.76 Å². The zero-order chi connectivity index (χ0) is 5.98. The van der Waals surface area contributed by atoms with Gasteiger partial charge in [0.15, 0.2) is 0 Å². The zero-order valence-corrected chi connectivity index (χ0v) is 5.09. The first-order valence-electron chi connectivity index (χ1n) is 2.85. The predicted octanol–water partition coefficient (Wildman–Crippen LogP) is 0.764. The molecule has 0 aromatic rings. The van der Waals surface area contributed by atoms with Crippen molar-refractivity contribution in [3.05, 3.63) is 11.8 Å². The monoisotopic (exact) mass is 113 g/mol. The standard InChI is InChI=1S/C6H11NO/c1-7-4-2-6(8)3-5-7/h2,8H,3-5H2,1H3. The summed E-state index contributed by atoms with van der Waals surface area (Å²) < 4.78 is 0. The average molecular weight is 113 g/mol. The summed E-state index contributed by atoms with van der Waals surface area (Å²) in [5.74, 6) is 0.545. The van der Waals surface area contributed by atoms with Crippen LogP contribution in [0.25, 0.3) is 0 Å². The predicted molar refractivity (Wildman–Crippen MR) is 32.8 cm³/mol. The molecule has 0 aromatic carbocycles. The Morgan fingerprint density at radius 3 is 2.88 bits per heavy atom. The Morgan fingerprint density at radius 2 is 2.50 bits per heavy atom. The molecule has 0 fully saturated rings. The van der Waals surface area contributed by atoms with Crippen molar-refractivity contribution in [1.82, 2.24) is 4.90 Å². The Hall–Kier alpha value is -0.500. The molecule has 2 heteroatoms. The Bertz CT molecular complexity index is 109. The van der Waals surface area contributed by atoms with Crippen LogP contribution in [0.15, 0.2) is 11.8 Å². The minimum atomic E-state index is 0.545. The molecule has 2 nitrogen and oxygen atoms in total. The van der Waals surface area contributed by atoms with Crippen LogP contribution in [0.2, 0.25) is 0 Å². The summed E-state index contributed by atoms with van der Waals surface area (Å²) in [6, 6.07) is 0. The van der Waals surface area contributed by atoms with E-state index in [0.29, 0.717) is 5.76 Å². The molecule has 0 spiro atoms. The van der Waals surface area contributed by atoms with Crippen LogP contribution >= 0.6 is 0 Å². The van der Waals surface area contributed by atoms with Crippen molar-refractivity contribution >= 4 is 0 Å². The van der Waals surface area contributed by atoms with Gasteiger partial charge >= 0.3 is 0 Å². The number of aliphatic hydroxyl groups excluding tert-OH is 1. The SMILES string of the molecule is CN1CC=C(O)CC1. The lowest BCUT2D eigenvalue weighted by atomic mass is 10.2. The topological polar surface area (TPSA) is 23.5 Å². The van der Waals surface area contributed by atoms with E-state index < -0.39 is 0 Å². The number of aliphatic hydroxyl groups is 1. The maximum Gasteiger partial charge on any atom is 0.0908 e. The van der Waals surface area contributed by atoms with Gasteiger partial charge < -0.3 is 10.0 Å². The molecule has 0 aromatic heterocycles. The molecule has 0 aliphatic carbocycles. The van der Waals surface area contributed by atoms with Crippen LogP contribution < -0.4 is 0 Å². The van der Waals surface area contributed by atoms with Gasteiger partial charge in [-0.1, -0.05) is 0 Å². The van der Waals surface area contributed by atoms with E-state index in [1.54, 1.807) is 0 Å². The second-order valence-electron chi connectivity index (χ2n) is 2.21. The maximum absolute atomic E-state index is 8.86. The van der Waals surface area contributed by atoms with Crippen molar-refractivity contribution in [1.29, 1.82) is 0 Å². The van der Waals surface area contributed by atoms with E-state index in [1.807, 2.05) is 13.1 Å². The van der Waals surface area contributed by atoms with Gasteiger partial charge in [0, 0.05) is 19.5 Å². The fourth-order valence-corrected chi connectivity index (χ4v) is 0.760. The molecule has 0 atom stereocenters. The molecular weight excluding hydrogens is 102 g/mol. The molecule has 0 radical (unpaired) electrons. The second kappa shape index (κ2) is 2.18. The van der Waals surface area contributed by atoms with Crippen LogP contribution in [-0.4, -0.2) is 30.1 Å². The molecule has 1 N–H and O–H groups in total. The van der Waals surface area contributed by atoms with Crippen LogP contribution in [0.1, 0.15) is 6.42 Å². The maximum atomic E-state index is 8.86. The summed E-state index contributed by atoms with van der Waals surface area (Å²) in [6.45, 7) is 1.88. The number of hydrogen-bond acceptors (Lipinski definition) is 2. The molecule has 1 rings (SSSR count). The third-order valence-electron chi connectivity index (χ3n) is 1.39. The highest BCUT2D eigenvalue weighted by molar-refractivity contribution is 4.96. The van der Waals surface area contributed by atoms with Crippen molar-refractivity contribution < 1.29 is 5.11 Å². The summed E-state index contributed by atoms with van der Waals surface area (Å²) in [5, 5.41) is 8.86. The summed E-state index contributed by atoms with van der Waals surface area (Å²) in [6.07, 6.45) is 2.67. The molecule has 1 heterocycles. The van der Waals surface area contributed by atoms with Crippen LogP contribution in [0, 0.1) is 0 Å². The largest absolute Gasteiger partial charge is 0.513 e. The van der Waals surface area contributed by atoms with Crippen LogP contribution in [-0.2, 0) is 0 Å². The first kappa shape index (κ1) is 5.63. The minimum Gasteiger partial charge on any atom is -0.513 e. The molecule has 1 aliphatic rings. The lowest BCUT2D eigenvalue weighted by Crippen LogP contribution is -2.23. The van der Waals surface area contributed by atoms with E-state index in [9.17, 15) is 0 Å². The first-order chi connectivity index (χ1) is 3.79. The van der Waals surface area contributed by atoms with Crippen molar-refractivity contribution in [3.63, 3.8) is 0 Å². The van der Waals surface area contributed by atoms with Gasteiger partial charge in [-0.25, -0.2) is 0 Å². The number of nitrogens with zero attached hydrogens (tertiary/aromatic N) is 1. The summed E-state index contributed by atoms with van der Waals surface area (Å²) >= 11 is 0. The average Bonchev–Trinajstić information content (AvgIpc) is 1.77. The third-order valence-corrected chi connectivity index (χ3v) is 1.39. The highest BCUT2D eigenvalue weighted by Crippen LogP contribution is 2.03. The van der Waals surface area contributed by atoms with Gasteiger partial charge in [0.25, 0.3) is 0 Å². The lowest BCUT2D eigenvalue weighted by Gasteiger charge is -2.18. The van der Waals surface area contributed by atoms with Gasteiger partial charge in [-0.2, -0.15) is 0 Å². The van der Waals surface area contributed by atoms with Gasteiger partial charge in [0.1, 0.15) is 0 Å². The highest BCUT2D eigenvalue weighted by atomic mass is 16.3. The van der Waals surface area contributed by atoms with Crippen molar-refractivity contribution in [3.8, 4) is 0 Å². The summed E-state index contributed by atoms with van der Waals surface area (Å²) in [5.41, 5.74) is 0. The fraction of sp³-hybridized carbons (Fsp3) is 0.667. The highest BCUT2D eigenvalue weighted by Gasteiger charge is 2.03. The minimum absolute atomic E-state index is 0.545. The third kappa shape index (κ3) is 1.23. The van der Waals surface area contributed by atoms with Gasteiger partial charge in [-0.05, 0) is 13.1 Å². The molecule has 0 unspecified atom stereocenters. The number of hydrogen-bond donors (Lipinski definition) is 1. The molecule has 46 valence electrons. The Labute approximate surface area is 49.4 Å². The van der Waals surface area contributed by atoms with E-state index in [1.165, 1.54) is 0 Å². The van der Waals surface area contributed by atoms with Crippen LogP contribution in [0.5, 0.6) is 0 Å². The summed E-state index contributed by atoms with van der Waals surface area (Å²) in [4.78, 5) is 2.17. The fourth-order valence-electron chi connectivity index (χ4n) is 0.760. The second-order valence-corrected chi connectivity index (χ2v) is 2.21. The van der Waals surface area contributed by atoms with Crippen molar-refractivity contribution in [2.24, 2.45) is 0 Å². The van der Waals surface area contributed by atoms with Crippen molar-refractivity contribution in [2.45, 2.75) is 6.42 Å². The number of rotatable bonds is 0. The smallest absolute Gasteiger partial charge is 0.0908 e. The Morgan fingerprint density at radius 1 is 1.75 bits per heavy atom. The molecule has 1 aliphatic heterocycles. The first-order valence-corrected chi connectivity index (χ1v) is 2.85. The molecule has 8 heavy (non-hydrogen) atoms. The van der Waals surface area contributed by atoms with Crippen LogP contribution in [0.3, 0.4) is 0 Å². The van der Waals surface area contributed by atoms with Gasteiger partial charge in [-0.3, -0.25) is 0 Å². The molecule has 0 bridgehead atoms. The van der Waals surface area contributed by atoms with Crippen LogP contribution in [0.4, 0.5) is 0 Å². The Balaban J connectivity index is 2.42. The normalized spacial score (nSPS) is 22.9. The van der Waals surface area contributed by atoms with E-state index in [4.69, 9.17) is 5.11 Å². The van der Waals surface area contributed by atoms with Gasteiger partial charge in [-0.15, -0.1) is 0 Å². The summed E-state index contributed by atoms with van der Waals surface area (Å²) in [7, 11) is 2.04. The molecule has 0 amide bonds.